The van der Waals surface area contributed by atoms with E-state index in [-0.39, 0.29) is 11.9 Å². The van der Waals surface area contributed by atoms with Gasteiger partial charge in [0.1, 0.15) is 0 Å². The molecule has 2 aliphatic rings. The normalized spacial score (nSPS) is 20.0. The lowest BCUT2D eigenvalue weighted by Crippen LogP contribution is -2.19. The predicted molar refractivity (Wildman–Crippen MR) is 118 cm³/mol. The number of para-hydroxylation sites is 1. The zero-order valence-corrected chi connectivity index (χ0v) is 17.3. The summed E-state index contributed by atoms with van der Waals surface area (Å²) in [6, 6.07) is 13.3. The molecule has 1 unspecified atom stereocenters. The Bertz CT molecular complexity index is 1100. The second kappa shape index (κ2) is 6.90. The van der Waals surface area contributed by atoms with E-state index >= 15 is 0 Å². The minimum atomic E-state index is 0.0576. The first-order valence-electron chi connectivity index (χ1n) is 10.8. The number of carbonyl (C=O) groups is 1. The molecule has 29 heavy (non-hydrogen) atoms. The quantitative estimate of drug-likeness (QED) is 0.603. The standard InChI is InChI=1S/C24H28N4O/c1-4-15(3)28-21-11-10-17(13-19(21)23(27-28)16-8-9-16)18-6-5-7-20-24(18)25-14(2)12-22(29)26-20/h5-7,10-11,13-16,25H,4,8-9,12H2,1-3H3,(H,26,29)/t14?,15-/m1/s1. The lowest BCUT2D eigenvalue weighted by atomic mass is 9.99. The number of fused-ring (bicyclic) bond motifs is 2. The summed E-state index contributed by atoms with van der Waals surface area (Å²) in [6.07, 6.45) is 4.02. The molecule has 2 aromatic carbocycles. The van der Waals surface area contributed by atoms with E-state index in [0.717, 1.165) is 28.9 Å². The fraction of sp³-hybridized carbons (Fsp3) is 0.417. The van der Waals surface area contributed by atoms with Crippen LogP contribution in [0.3, 0.4) is 0 Å². The van der Waals surface area contributed by atoms with Gasteiger partial charge in [0.25, 0.3) is 0 Å². The van der Waals surface area contributed by atoms with Gasteiger partial charge < -0.3 is 10.6 Å². The van der Waals surface area contributed by atoms with Crippen molar-refractivity contribution in [3.8, 4) is 11.1 Å². The Morgan fingerprint density at radius 1 is 1.24 bits per heavy atom. The second-order valence-electron chi connectivity index (χ2n) is 8.62. The number of rotatable bonds is 4. The SMILES string of the molecule is CC[C@@H](C)n1nc(C2CC2)c2cc(-c3cccc4c3NC(C)CC(=O)N4)ccc21. The Kier molecular flexibility index (Phi) is 4.34. The number of carbonyl (C=O) groups excluding carboxylic acids is 1. The van der Waals surface area contributed by atoms with Gasteiger partial charge in [-0.25, -0.2) is 0 Å². The van der Waals surface area contributed by atoms with Gasteiger partial charge in [0.15, 0.2) is 0 Å². The third-order valence-electron chi connectivity index (χ3n) is 6.24. The maximum atomic E-state index is 12.1. The topological polar surface area (TPSA) is 59.0 Å². The molecule has 3 aromatic rings. The molecule has 1 aromatic heterocycles. The summed E-state index contributed by atoms with van der Waals surface area (Å²) in [5, 5.41) is 12.9. The van der Waals surface area contributed by atoms with Gasteiger partial charge in [0, 0.05) is 35.4 Å². The van der Waals surface area contributed by atoms with Crippen LogP contribution in [0.5, 0.6) is 0 Å². The highest BCUT2D eigenvalue weighted by Crippen LogP contribution is 2.44. The molecule has 0 saturated heterocycles. The van der Waals surface area contributed by atoms with Gasteiger partial charge in [-0.2, -0.15) is 5.10 Å². The van der Waals surface area contributed by atoms with Crippen molar-refractivity contribution in [3.05, 3.63) is 42.1 Å². The van der Waals surface area contributed by atoms with Crippen molar-refractivity contribution >= 4 is 28.2 Å². The minimum Gasteiger partial charge on any atom is -0.380 e. The van der Waals surface area contributed by atoms with Crippen LogP contribution in [0.15, 0.2) is 36.4 Å². The number of hydrogen-bond donors (Lipinski definition) is 2. The Balaban J connectivity index is 1.66. The Morgan fingerprint density at radius 2 is 2.07 bits per heavy atom. The predicted octanol–water partition coefficient (Wildman–Crippen LogP) is 5.69. The Labute approximate surface area is 171 Å². The average molecular weight is 389 g/mol. The summed E-state index contributed by atoms with van der Waals surface area (Å²) >= 11 is 0. The van der Waals surface area contributed by atoms with E-state index in [4.69, 9.17) is 5.10 Å². The summed E-state index contributed by atoms with van der Waals surface area (Å²) in [5.41, 5.74) is 6.62. The van der Waals surface area contributed by atoms with E-state index in [9.17, 15) is 4.79 Å². The van der Waals surface area contributed by atoms with Crippen molar-refractivity contribution in [2.75, 3.05) is 10.6 Å². The van der Waals surface area contributed by atoms with Gasteiger partial charge >= 0.3 is 0 Å². The number of hydrogen-bond acceptors (Lipinski definition) is 3. The monoisotopic (exact) mass is 388 g/mol. The molecule has 5 heteroatoms. The first-order valence-corrected chi connectivity index (χ1v) is 10.8. The van der Waals surface area contributed by atoms with Crippen LogP contribution in [0.4, 0.5) is 11.4 Å². The van der Waals surface area contributed by atoms with Crippen LogP contribution in [0.1, 0.15) is 64.1 Å². The molecular weight excluding hydrogens is 360 g/mol. The van der Waals surface area contributed by atoms with Crippen LogP contribution < -0.4 is 10.6 Å². The van der Waals surface area contributed by atoms with Crippen LogP contribution in [-0.4, -0.2) is 21.7 Å². The summed E-state index contributed by atoms with van der Waals surface area (Å²) in [7, 11) is 0. The molecule has 1 aliphatic carbocycles. The third kappa shape index (κ3) is 3.18. The zero-order valence-electron chi connectivity index (χ0n) is 17.3. The van der Waals surface area contributed by atoms with Gasteiger partial charge in [-0.15, -0.1) is 0 Å². The maximum Gasteiger partial charge on any atom is 0.226 e. The van der Waals surface area contributed by atoms with Gasteiger partial charge in [0.05, 0.1) is 22.6 Å². The van der Waals surface area contributed by atoms with Gasteiger partial charge in [-0.05, 0) is 56.9 Å². The van der Waals surface area contributed by atoms with Crippen molar-refractivity contribution in [1.82, 2.24) is 9.78 Å². The number of amides is 1. The average Bonchev–Trinajstić information content (AvgIpc) is 3.50. The van der Waals surface area contributed by atoms with Crippen LogP contribution in [-0.2, 0) is 4.79 Å². The summed E-state index contributed by atoms with van der Waals surface area (Å²) in [6.45, 7) is 6.50. The largest absolute Gasteiger partial charge is 0.380 e. The molecule has 0 radical (unpaired) electrons. The molecule has 0 bridgehead atoms. The van der Waals surface area contributed by atoms with Crippen molar-refractivity contribution in [3.63, 3.8) is 0 Å². The fourth-order valence-electron chi connectivity index (χ4n) is 4.33. The minimum absolute atomic E-state index is 0.0576. The van der Waals surface area contributed by atoms with Crippen molar-refractivity contribution in [2.45, 2.75) is 64.5 Å². The van der Waals surface area contributed by atoms with Gasteiger partial charge in [-0.3, -0.25) is 9.48 Å². The van der Waals surface area contributed by atoms with E-state index in [1.807, 2.05) is 12.1 Å². The number of anilines is 2. The second-order valence-corrected chi connectivity index (χ2v) is 8.62. The van der Waals surface area contributed by atoms with Crippen LogP contribution >= 0.6 is 0 Å². The first-order chi connectivity index (χ1) is 14.0. The smallest absolute Gasteiger partial charge is 0.226 e. The molecule has 150 valence electrons. The summed E-state index contributed by atoms with van der Waals surface area (Å²) in [5.74, 6) is 0.658. The molecule has 1 aliphatic heterocycles. The summed E-state index contributed by atoms with van der Waals surface area (Å²) in [4.78, 5) is 12.1. The number of nitrogens with one attached hydrogen (secondary N) is 2. The molecule has 1 amide bonds. The van der Waals surface area contributed by atoms with Crippen LogP contribution in [0.25, 0.3) is 22.0 Å². The van der Waals surface area contributed by atoms with E-state index in [1.165, 1.54) is 29.4 Å². The first kappa shape index (κ1) is 18.2. The highest BCUT2D eigenvalue weighted by atomic mass is 16.1. The number of nitrogens with zero attached hydrogens (tertiary/aromatic N) is 2. The maximum absolute atomic E-state index is 12.1. The van der Waals surface area contributed by atoms with Crippen LogP contribution in [0, 0.1) is 0 Å². The molecule has 1 fully saturated rings. The zero-order chi connectivity index (χ0) is 20.1. The fourth-order valence-corrected chi connectivity index (χ4v) is 4.33. The van der Waals surface area contributed by atoms with Gasteiger partial charge in [0.2, 0.25) is 5.91 Å². The molecule has 2 heterocycles. The van der Waals surface area contributed by atoms with Crippen molar-refractivity contribution < 1.29 is 4.79 Å². The van der Waals surface area contributed by atoms with Crippen molar-refractivity contribution in [2.24, 2.45) is 0 Å². The lowest BCUT2D eigenvalue weighted by molar-refractivity contribution is -0.116. The molecular formula is C24H28N4O. The van der Waals surface area contributed by atoms with E-state index in [1.54, 1.807) is 0 Å². The Hall–Kier alpha value is -2.82. The molecule has 0 spiro atoms. The van der Waals surface area contributed by atoms with Crippen LogP contribution in [0.2, 0.25) is 0 Å². The van der Waals surface area contributed by atoms with E-state index < -0.39 is 0 Å². The van der Waals surface area contributed by atoms with Crippen molar-refractivity contribution in [1.29, 1.82) is 0 Å². The molecule has 1 saturated carbocycles. The number of benzene rings is 2. The molecule has 2 atom stereocenters. The van der Waals surface area contributed by atoms with Gasteiger partial charge in [-0.1, -0.05) is 25.1 Å². The van der Waals surface area contributed by atoms with E-state index in [2.05, 4.69) is 60.4 Å². The molecule has 5 nitrogen and oxygen atoms in total. The highest BCUT2D eigenvalue weighted by molar-refractivity contribution is 6.01. The molecule has 2 N–H and O–H groups in total. The molecule has 5 rings (SSSR count). The summed E-state index contributed by atoms with van der Waals surface area (Å²) < 4.78 is 2.21. The number of aromatic nitrogens is 2. The highest BCUT2D eigenvalue weighted by Gasteiger charge is 2.30. The third-order valence-corrected chi connectivity index (χ3v) is 6.24. The lowest BCUT2D eigenvalue weighted by Gasteiger charge is -2.17. The van der Waals surface area contributed by atoms with E-state index in [0.29, 0.717) is 18.4 Å². The Morgan fingerprint density at radius 3 is 2.83 bits per heavy atom.